The average molecular weight is 422 g/mol. The van der Waals surface area contributed by atoms with E-state index < -0.39 is 11.9 Å². The van der Waals surface area contributed by atoms with Crippen molar-refractivity contribution in [3.8, 4) is 0 Å². The third-order valence-electron chi connectivity index (χ3n) is 6.08. The fraction of sp³-hybridized carbons (Fsp3) is 0.333. The number of amides is 1. The van der Waals surface area contributed by atoms with Crippen molar-refractivity contribution in [1.29, 1.82) is 0 Å². The first-order valence-electron chi connectivity index (χ1n) is 10.5. The van der Waals surface area contributed by atoms with Crippen molar-refractivity contribution in [2.45, 2.75) is 13.0 Å². The standard InChI is InChI=1S/C24H23FN2O4/c1-15-6-7-19-17(14-15)22(28)20-21(16-4-2-3-5-18(16)25)27(24(29)23(20)31-19)9-8-26-10-12-30-13-11-26/h2-7,14,21H,8-13H2,1H3/t21-/m1/s1. The molecule has 1 aromatic heterocycles. The molecule has 0 aliphatic carbocycles. The molecule has 0 bridgehead atoms. The molecule has 2 aliphatic rings. The molecular formula is C24H23FN2O4. The summed E-state index contributed by atoms with van der Waals surface area (Å²) in [5, 5.41) is 0.405. The van der Waals surface area contributed by atoms with Crippen molar-refractivity contribution in [3.63, 3.8) is 0 Å². The Labute approximate surface area is 178 Å². The first kappa shape index (κ1) is 19.9. The van der Waals surface area contributed by atoms with Crippen molar-refractivity contribution >= 4 is 16.9 Å². The van der Waals surface area contributed by atoms with Gasteiger partial charge in [-0.2, -0.15) is 0 Å². The summed E-state index contributed by atoms with van der Waals surface area (Å²) in [6.45, 7) is 5.71. The van der Waals surface area contributed by atoms with Gasteiger partial charge in [0, 0.05) is 31.7 Å². The fourth-order valence-electron chi connectivity index (χ4n) is 4.46. The number of morpholine rings is 1. The van der Waals surface area contributed by atoms with E-state index in [1.807, 2.05) is 13.0 Å². The normalized spacial score (nSPS) is 19.2. The van der Waals surface area contributed by atoms with Crippen LogP contribution < -0.4 is 5.43 Å². The van der Waals surface area contributed by atoms with E-state index in [0.29, 0.717) is 42.8 Å². The second-order valence-electron chi connectivity index (χ2n) is 8.05. The van der Waals surface area contributed by atoms with Crippen LogP contribution in [-0.2, 0) is 4.74 Å². The summed E-state index contributed by atoms with van der Waals surface area (Å²) in [6.07, 6.45) is 0. The molecule has 1 amide bonds. The van der Waals surface area contributed by atoms with E-state index in [1.165, 1.54) is 6.07 Å². The zero-order chi connectivity index (χ0) is 21.5. The molecular weight excluding hydrogens is 399 g/mol. The Morgan fingerprint density at radius 1 is 1.06 bits per heavy atom. The van der Waals surface area contributed by atoms with E-state index in [2.05, 4.69) is 4.90 Å². The first-order chi connectivity index (χ1) is 15.0. The molecule has 7 heteroatoms. The third-order valence-corrected chi connectivity index (χ3v) is 6.08. The van der Waals surface area contributed by atoms with Crippen LogP contribution in [0.25, 0.3) is 11.0 Å². The number of carbonyl (C=O) groups excluding carboxylic acids is 1. The zero-order valence-corrected chi connectivity index (χ0v) is 17.3. The van der Waals surface area contributed by atoms with Crippen molar-refractivity contribution in [2.75, 3.05) is 39.4 Å². The lowest BCUT2D eigenvalue weighted by atomic mass is 9.97. The smallest absolute Gasteiger partial charge is 0.290 e. The molecule has 160 valence electrons. The Morgan fingerprint density at radius 3 is 2.61 bits per heavy atom. The van der Waals surface area contributed by atoms with Gasteiger partial charge in [-0.3, -0.25) is 14.5 Å². The SMILES string of the molecule is Cc1ccc2oc3c(c(=O)c2c1)[C@@H](c1ccccc1F)N(CCN1CCOCC1)C3=O. The molecule has 3 heterocycles. The molecule has 0 unspecified atom stereocenters. The molecule has 2 aliphatic heterocycles. The molecule has 1 atom stereocenters. The van der Waals surface area contributed by atoms with Crippen LogP contribution >= 0.6 is 0 Å². The highest BCUT2D eigenvalue weighted by atomic mass is 19.1. The molecule has 1 fully saturated rings. The number of benzene rings is 2. The van der Waals surface area contributed by atoms with Crippen LogP contribution in [0.15, 0.2) is 51.7 Å². The van der Waals surface area contributed by atoms with Crippen LogP contribution in [0.2, 0.25) is 0 Å². The average Bonchev–Trinajstić information content (AvgIpc) is 3.06. The summed E-state index contributed by atoms with van der Waals surface area (Å²) >= 11 is 0. The quantitative estimate of drug-likeness (QED) is 0.647. The number of carbonyl (C=O) groups is 1. The van der Waals surface area contributed by atoms with Crippen molar-refractivity contribution in [3.05, 3.63) is 81.0 Å². The van der Waals surface area contributed by atoms with Gasteiger partial charge in [0.25, 0.3) is 5.91 Å². The Kier molecular flexibility index (Phi) is 5.08. The van der Waals surface area contributed by atoms with E-state index in [4.69, 9.17) is 9.15 Å². The van der Waals surface area contributed by atoms with Gasteiger partial charge >= 0.3 is 0 Å². The van der Waals surface area contributed by atoms with Gasteiger partial charge in [-0.25, -0.2) is 4.39 Å². The highest BCUT2D eigenvalue weighted by Crippen LogP contribution is 2.38. The van der Waals surface area contributed by atoms with Crippen LogP contribution in [0.5, 0.6) is 0 Å². The minimum absolute atomic E-state index is 0.0107. The number of halogens is 1. The predicted molar refractivity (Wildman–Crippen MR) is 114 cm³/mol. The second-order valence-corrected chi connectivity index (χ2v) is 8.05. The maximum atomic E-state index is 14.8. The van der Waals surface area contributed by atoms with Gasteiger partial charge in [-0.15, -0.1) is 0 Å². The van der Waals surface area contributed by atoms with Crippen molar-refractivity contribution in [1.82, 2.24) is 9.80 Å². The topological polar surface area (TPSA) is 63.0 Å². The van der Waals surface area contributed by atoms with E-state index >= 15 is 0 Å². The Bertz CT molecular complexity index is 1220. The molecule has 6 nitrogen and oxygen atoms in total. The molecule has 5 rings (SSSR count). The van der Waals surface area contributed by atoms with E-state index in [9.17, 15) is 14.0 Å². The van der Waals surface area contributed by atoms with Crippen LogP contribution in [0.3, 0.4) is 0 Å². The van der Waals surface area contributed by atoms with Crippen molar-refractivity contribution < 1.29 is 18.3 Å². The molecule has 2 aromatic carbocycles. The summed E-state index contributed by atoms with van der Waals surface area (Å²) < 4.78 is 26.2. The van der Waals surface area contributed by atoms with Gasteiger partial charge in [0.15, 0.2) is 5.43 Å². The Balaban J connectivity index is 1.63. The molecule has 0 N–H and O–H groups in total. The molecule has 0 spiro atoms. The maximum Gasteiger partial charge on any atom is 0.290 e. The molecule has 3 aromatic rings. The lowest BCUT2D eigenvalue weighted by Gasteiger charge is -2.31. The van der Waals surface area contributed by atoms with Crippen LogP contribution in [-0.4, -0.2) is 55.1 Å². The summed E-state index contributed by atoms with van der Waals surface area (Å²) in [5.74, 6) is -0.819. The summed E-state index contributed by atoms with van der Waals surface area (Å²) in [7, 11) is 0. The minimum atomic E-state index is -0.814. The number of hydrogen-bond acceptors (Lipinski definition) is 5. The highest BCUT2D eigenvalue weighted by Gasteiger charge is 2.43. The van der Waals surface area contributed by atoms with Crippen LogP contribution in [0.4, 0.5) is 4.39 Å². The Morgan fingerprint density at radius 2 is 1.84 bits per heavy atom. The van der Waals surface area contributed by atoms with Gasteiger partial charge in [0.2, 0.25) is 5.76 Å². The summed E-state index contributed by atoms with van der Waals surface area (Å²) in [5.41, 5.74) is 1.52. The molecule has 1 saturated heterocycles. The lowest BCUT2D eigenvalue weighted by molar-refractivity contribution is 0.0314. The fourth-order valence-corrected chi connectivity index (χ4v) is 4.46. The summed E-state index contributed by atoms with van der Waals surface area (Å²) in [4.78, 5) is 30.6. The van der Waals surface area contributed by atoms with Crippen LogP contribution in [0.1, 0.15) is 33.3 Å². The number of rotatable bonds is 4. The van der Waals surface area contributed by atoms with Gasteiger partial charge in [-0.1, -0.05) is 29.8 Å². The number of aryl methyl sites for hydroxylation is 1. The number of nitrogens with zero attached hydrogens (tertiary/aromatic N) is 2. The Hall–Kier alpha value is -3.03. The van der Waals surface area contributed by atoms with Crippen molar-refractivity contribution in [2.24, 2.45) is 0 Å². The van der Waals surface area contributed by atoms with Gasteiger partial charge < -0.3 is 14.1 Å². The maximum absolute atomic E-state index is 14.8. The number of hydrogen-bond donors (Lipinski definition) is 0. The number of ether oxygens (including phenoxy) is 1. The summed E-state index contributed by atoms with van der Waals surface area (Å²) in [6, 6.07) is 10.8. The second kappa shape index (κ2) is 7.90. The predicted octanol–water partition coefficient (Wildman–Crippen LogP) is 3.12. The largest absolute Gasteiger partial charge is 0.450 e. The molecule has 31 heavy (non-hydrogen) atoms. The lowest BCUT2D eigenvalue weighted by Crippen LogP contribution is -2.42. The van der Waals surface area contributed by atoms with Gasteiger partial charge in [0.1, 0.15) is 11.4 Å². The van der Waals surface area contributed by atoms with Crippen LogP contribution in [0, 0.1) is 12.7 Å². The first-order valence-corrected chi connectivity index (χ1v) is 10.5. The molecule has 0 radical (unpaired) electrons. The zero-order valence-electron chi connectivity index (χ0n) is 17.3. The highest BCUT2D eigenvalue weighted by molar-refractivity contribution is 5.99. The molecule has 0 saturated carbocycles. The van der Waals surface area contributed by atoms with Gasteiger partial charge in [0.05, 0.1) is 30.2 Å². The minimum Gasteiger partial charge on any atom is -0.450 e. The monoisotopic (exact) mass is 422 g/mol. The van der Waals surface area contributed by atoms with E-state index in [1.54, 1.807) is 35.2 Å². The van der Waals surface area contributed by atoms with Gasteiger partial charge in [-0.05, 0) is 25.1 Å². The van der Waals surface area contributed by atoms with E-state index in [-0.39, 0.29) is 22.7 Å². The third kappa shape index (κ3) is 3.43. The van der Waals surface area contributed by atoms with E-state index in [0.717, 1.165) is 18.7 Å². The number of fused-ring (bicyclic) bond motifs is 2.